The number of hydrogen-bond donors (Lipinski definition) is 1. The highest BCUT2D eigenvalue weighted by Crippen LogP contribution is 2.23. The minimum atomic E-state index is -0.460. The molecular formula is C14H9ClN4O2. The monoisotopic (exact) mass is 300 g/mol. The van der Waals surface area contributed by atoms with Crippen LogP contribution in [0.15, 0.2) is 36.5 Å². The van der Waals surface area contributed by atoms with Crippen LogP contribution in [0.1, 0.15) is 11.4 Å². The van der Waals surface area contributed by atoms with E-state index in [1.807, 2.05) is 12.1 Å². The third kappa shape index (κ3) is 2.75. The predicted molar refractivity (Wildman–Crippen MR) is 80.9 cm³/mol. The lowest BCUT2D eigenvalue weighted by molar-refractivity contribution is -0.384. The van der Waals surface area contributed by atoms with Gasteiger partial charge in [-0.1, -0.05) is 11.6 Å². The number of aromatic amines is 1. The number of imidazole rings is 1. The second-order valence-electron chi connectivity index (χ2n) is 4.29. The number of aromatic nitrogens is 3. The molecule has 0 fully saturated rings. The Hall–Kier alpha value is -2.73. The Bertz CT molecular complexity index is 824. The fourth-order valence-electron chi connectivity index (χ4n) is 1.88. The van der Waals surface area contributed by atoms with Crippen LogP contribution in [0.4, 0.5) is 5.69 Å². The van der Waals surface area contributed by atoms with Crippen molar-refractivity contribution in [1.29, 1.82) is 0 Å². The van der Waals surface area contributed by atoms with Gasteiger partial charge in [0.2, 0.25) is 0 Å². The van der Waals surface area contributed by atoms with Gasteiger partial charge in [-0.15, -0.1) is 0 Å². The number of nitrogens with zero attached hydrogens (tertiary/aromatic N) is 3. The van der Waals surface area contributed by atoms with Crippen LogP contribution in [0, 0.1) is 10.1 Å². The Morgan fingerprint density at radius 1 is 1.29 bits per heavy atom. The summed E-state index contributed by atoms with van der Waals surface area (Å²) >= 11 is 6.03. The van der Waals surface area contributed by atoms with E-state index in [-0.39, 0.29) is 5.69 Å². The van der Waals surface area contributed by atoms with Gasteiger partial charge in [0.15, 0.2) is 5.65 Å². The molecule has 3 aromatic rings. The van der Waals surface area contributed by atoms with Gasteiger partial charge >= 0.3 is 0 Å². The maximum Gasteiger partial charge on any atom is 0.270 e. The Morgan fingerprint density at radius 3 is 2.90 bits per heavy atom. The molecule has 0 radical (unpaired) electrons. The summed E-state index contributed by atoms with van der Waals surface area (Å²) in [4.78, 5) is 21.8. The van der Waals surface area contributed by atoms with Gasteiger partial charge in [0.25, 0.3) is 5.69 Å². The van der Waals surface area contributed by atoms with E-state index in [0.29, 0.717) is 22.1 Å². The van der Waals surface area contributed by atoms with E-state index in [1.165, 1.54) is 18.2 Å². The van der Waals surface area contributed by atoms with E-state index in [9.17, 15) is 10.1 Å². The molecule has 1 aromatic carbocycles. The van der Waals surface area contributed by atoms with E-state index in [1.54, 1.807) is 18.3 Å². The summed E-state index contributed by atoms with van der Waals surface area (Å²) in [5.74, 6) is 0.603. The van der Waals surface area contributed by atoms with Crippen LogP contribution in [-0.4, -0.2) is 19.9 Å². The first kappa shape index (κ1) is 13.3. The number of benzene rings is 1. The third-order valence-electron chi connectivity index (χ3n) is 2.89. The van der Waals surface area contributed by atoms with Crippen molar-refractivity contribution in [3.05, 3.63) is 63.1 Å². The van der Waals surface area contributed by atoms with Crippen LogP contribution in [-0.2, 0) is 0 Å². The van der Waals surface area contributed by atoms with E-state index < -0.39 is 4.92 Å². The third-order valence-corrected chi connectivity index (χ3v) is 3.23. The van der Waals surface area contributed by atoms with Crippen molar-refractivity contribution < 1.29 is 4.92 Å². The van der Waals surface area contributed by atoms with Crippen LogP contribution in [0.25, 0.3) is 23.3 Å². The van der Waals surface area contributed by atoms with Crippen LogP contribution in [0.5, 0.6) is 0 Å². The summed E-state index contributed by atoms with van der Waals surface area (Å²) in [6.07, 6.45) is 5.04. The van der Waals surface area contributed by atoms with Crippen LogP contribution >= 0.6 is 11.6 Å². The lowest BCUT2D eigenvalue weighted by Crippen LogP contribution is -1.88. The zero-order valence-electron chi connectivity index (χ0n) is 10.7. The quantitative estimate of drug-likeness (QED) is 0.590. The molecule has 0 aliphatic heterocycles. The van der Waals surface area contributed by atoms with Gasteiger partial charge in [0.1, 0.15) is 5.82 Å². The molecule has 0 saturated carbocycles. The highest BCUT2D eigenvalue weighted by atomic mass is 35.5. The van der Waals surface area contributed by atoms with E-state index in [2.05, 4.69) is 15.0 Å². The molecule has 0 aliphatic rings. The molecule has 104 valence electrons. The first-order valence-corrected chi connectivity index (χ1v) is 6.44. The minimum absolute atomic E-state index is 0.00896. The summed E-state index contributed by atoms with van der Waals surface area (Å²) in [7, 11) is 0. The molecule has 0 spiro atoms. The van der Waals surface area contributed by atoms with E-state index in [0.717, 1.165) is 5.52 Å². The molecule has 21 heavy (non-hydrogen) atoms. The van der Waals surface area contributed by atoms with Crippen LogP contribution in [0.3, 0.4) is 0 Å². The predicted octanol–water partition coefficient (Wildman–Crippen LogP) is 3.69. The maximum absolute atomic E-state index is 10.8. The highest BCUT2D eigenvalue weighted by molar-refractivity contribution is 6.32. The lowest BCUT2D eigenvalue weighted by atomic mass is 10.2. The van der Waals surface area contributed by atoms with Crippen molar-refractivity contribution >= 4 is 40.6 Å². The number of hydrogen-bond acceptors (Lipinski definition) is 4. The lowest BCUT2D eigenvalue weighted by Gasteiger charge is -1.97. The molecule has 0 saturated heterocycles. The van der Waals surface area contributed by atoms with Crippen molar-refractivity contribution in [2.45, 2.75) is 0 Å². The van der Waals surface area contributed by atoms with Gasteiger partial charge in [-0.2, -0.15) is 0 Å². The molecule has 2 aromatic heterocycles. The van der Waals surface area contributed by atoms with Gasteiger partial charge in [-0.3, -0.25) is 10.1 Å². The number of nitro groups is 1. The molecule has 2 heterocycles. The molecule has 0 bridgehead atoms. The van der Waals surface area contributed by atoms with Crippen LogP contribution < -0.4 is 0 Å². The number of non-ortho nitro benzene ring substituents is 1. The highest BCUT2D eigenvalue weighted by Gasteiger charge is 2.08. The second-order valence-corrected chi connectivity index (χ2v) is 4.70. The number of pyridine rings is 1. The number of H-pyrrole nitrogens is 1. The molecule has 6 nitrogen and oxygen atoms in total. The van der Waals surface area contributed by atoms with Gasteiger partial charge in [0, 0.05) is 23.4 Å². The standard InChI is InChI=1S/C14H9ClN4O2/c15-11-5-4-10(19(20)21)8-9(11)3-6-13-17-12-2-1-7-16-14(12)18-13/h1-8H,(H,16,17,18)/b6-3+. The largest absolute Gasteiger partial charge is 0.337 e. The fraction of sp³-hybridized carbons (Fsp3) is 0. The zero-order valence-corrected chi connectivity index (χ0v) is 11.4. The molecular weight excluding hydrogens is 292 g/mol. The number of nitrogens with one attached hydrogen (secondary N) is 1. The fourth-order valence-corrected chi connectivity index (χ4v) is 2.06. The molecule has 7 heteroatoms. The Labute approximate surface area is 124 Å². The van der Waals surface area contributed by atoms with E-state index in [4.69, 9.17) is 11.6 Å². The molecule has 0 aliphatic carbocycles. The Morgan fingerprint density at radius 2 is 2.14 bits per heavy atom. The van der Waals surface area contributed by atoms with Crippen molar-refractivity contribution in [1.82, 2.24) is 15.0 Å². The zero-order chi connectivity index (χ0) is 14.8. The van der Waals surface area contributed by atoms with Crippen molar-refractivity contribution in [3.8, 4) is 0 Å². The molecule has 1 N–H and O–H groups in total. The average Bonchev–Trinajstić information content (AvgIpc) is 2.89. The van der Waals surface area contributed by atoms with Gasteiger partial charge < -0.3 is 4.98 Å². The van der Waals surface area contributed by atoms with Crippen molar-refractivity contribution in [3.63, 3.8) is 0 Å². The number of halogens is 1. The van der Waals surface area contributed by atoms with Gasteiger partial charge in [0.05, 0.1) is 10.4 Å². The number of rotatable bonds is 3. The molecule has 0 unspecified atom stereocenters. The Balaban J connectivity index is 1.95. The van der Waals surface area contributed by atoms with Crippen LogP contribution in [0.2, 0.25) is 5.02 Å². The summed E-state index contributed by atoms with van der Waals surface area (Å²) in [5.41, 5.74) is 1.98. The topological polar surface area (TPSA) is 84.7 Å². The molecule has 3 rings (SSSR count). The molecule has 0 atom stereocenters. The van der Waals surface area contributed by atoms with E-state index >= 15 is 0 Å². The minimum Gasteiger partial charge on any atom is -0.337 e. The SMILES string of the molecule is O=[N+]([O-])c1ccc(Cl)c(/C=C/c2nc3ncccc3[nH]2)c1. The summed E-state index contributed by atoms with van der Waals surface area (Å²) < 4.78 is 0. The second kappa shape index (κ2) is 5.34. The summed E-state index contributed by atoms with van der Waals surface area (Å²) in [5, 5.41) is 11.2. The first-order valence-electron chi connectivity index (χ1n) is 6.06. The average molecular weight is 301 g/mol. The van der Waals surface area contributed by atoms with Crippen molar-refractivity contribution in [2.24, 2.45) is 0 Å². The van der Waals surface area contributed by atoms with Gasteiger partial charge in [-0.05, 0) is 35.9 Å². The number of nitro benzene ring substituents is 1. The van der Waals surface area contributed by atoms with Crippen molar-refractivity contribution in [2.75, 3.05) is 0 Å². The molecule has 0 amide bonds. The first-order chi connectivity index (χ1) is 10.1. The normalized spacial score (nSPS) is 11.3. The van der Waals surface area contributed by atoms with Gasteiger partial charge in [-0.25, -0.2) is 9.97 Å². The smallest absolute Gasteiger partial charge is 0.270 e. The number of fused-ring (bicyclic) bond motifs is 1. The summed E-state index contributed by atoms with van der Waals surface area (Å²) in [6.45, 7) is 0. The summed E-state index contributed by atoms with van der Waals surface area (Å²) in [6, 6.07) is 7.96. The maximum atomic E-state index is 10.8. The Kier molecular flexibility index (Phi) is 3.37.